The second kappa shape index (κ2) is 7.55. The van der Waals surface area contributed by atoms with E-state index >= 15 is 0 Å². The third kappa shape index (κ3) is 4.07. The molecule has 24 heavy (non-hydrogen) atoms. The Morgan fingerprint density at radius 1 is 1.38 bits per heavy atom. The molecule has 8 nitrogen and oxygen atoms in total. The molecular weight excluding hydrogens is 382 g/mol. The van der Waals surface area contributed by atoms with Crippen molar-refractivity contribution < 1.29 is 19.6 Å². The number of phenolic OH excluding ortho intramolecular Hbond substituents is 1. The molecule has 0 atom stereocenters. The van der Waals surface area contributed by atoms with Crippen molar-refractivity contribution in [2.75, 3.05) is 7.11 Å². The van der Waals surface area contributed by atoms with Crippen LogP contribution >= 0.6 is 15.9 Å². The molecule has 2 aromatic carbocycles. The highest BCUT2D eigenvalue weighted by atomic mass is 79.9. The number of nitro groups is 1. The van der Waals surface area contributed by atoms with Gasteiger partial charge in [-0.2, -0.15) is 5.10 Å². The molecular formula is C15H12BrN3O5. The Labute approximate surface area is 145 Å². The number of methoxy groups -OCH3 is 1. The van der Waals surface area contributed by atoms with Gasteiger partial charge in [-0.3, -0.25) is 14.9 Å². The molecule has 0 aliphatic rings. The Kier molecular flexibility index (Phi) is 5.48. The molecule has 0 spiro atoms. The van der Waals surface area contributed by atoms with Crippen molar-refractivity contribution in [1.82, 2.24) is 5.43 Å². The van der Waals surface area contributed by atoms with Crippen LogP contribution < -0.4 is 10.2 Å². The van der Waals surface area contributed by atoms with Gasteiger partial charge in [-0.15, -0.1) is 0 Å². The van der Waals surface area contributed by atoms with E-state index in [1.807, 2.05) is 0 Å². The highest BCUT2D eigenvalue weighted by Gasteiger charge is 2.12. The van der Waals surface area contributed by atoms with Gasteiger partial charge >= 0.3 is 0 Å². The molecule has 0 radical (unpaired) electrons. The first kappa shape index (κ1) is 17.4. The summed E-state index contributed by atoms with van der Waals surface area (Å²) in [5.41, 5.74) is 2.43. The molecule has 124 valence electrons. The molecule has 2 aromatic rings. The van der Waals surface area contributed by atoms with Crippen molar-refractivity contribution in [2.24, 2.45) is 5.10 Å². The van der Waals surface area contributed by atoms with Crippen LogP contribution in [-0.2, 0) is 0 Å². The highest BCUT2D eigenvalue weighted by molar-refractivity contribution is 9.10. The van der Waals surface area contributed by atoms with E-state index in [0.29, 0.717) is 10.2 Å². The minimum atomic E-state index is -0.596. The number of aromatic hydroxyl groups is 1. The van der Waals surface area contributed by atoms with E-state index in [1.165, 1.54) is 13.2 Å². The van der Waals surface area contributed by atoms with E-state index in [1.54, 1.807) is 18.2 Å². The topological polar surface area (TPSA) is 114 Å². The number of nitro benzene ring substituents is 1. The van der Waals surface area contributed by atoms with Crippen molar-refractivity contribution >= 4 is 33.7 Å². The molecule has 0 heterocycles. The number of hydrazone groups is 1. The first-order valence-electron chi connectivity index (χ1n) is 6.56. The van der Waals surface area contributed by atoms with Crippen molar-refractivity contribution in [1.29, 1.82) is 0 Å². The van der Waals surface area contributed by atoms with Gasteiger partial charge in [-0.25, -0.2) is 5.43 Å². The summed E-state index contributed by atoms with van der Waals surface area (Å²) in [4.78, 5) is 22.3. The van der Waals surface area contributed by atoms with Crippen LogP contribution in [0, 0.1) is 10.1 Å². The van der Waals surface area contributed by atoms with E-state index < -0.39 is 10.8 Å². The van der Waals surface area contributed by atoms with Crippen LogP contribution in [0.25, 0.3) is 0 Å². The Hall–Kier alpha value is -2.94. The standard InChI is InChI=1S/C15H12BrN3O5/c1-24-14-5-2-10(16)7-12(14)15(21)18-17-8-9-6-11(19(22)23)3-4-13(9)20/h2-8,20H,1H3,(H,18,21). The quantitative estimate of drug-likeness (QED) is 0.460. The van der Waals surface area contributed by atoms with Crippen LogP contribution in [0.5, 0.6) is 11.5 Å². The van der Waals surface area contributed by atoms with Gasteiger partial charge in [0.1, 0.15) is 11.5 Å². The average molecular weight is 394 g/mol. The molecule has 0 bridgehead atoms. The lowest BCUT2D eigenvalue weighted by atomic mass is 10.2. The summed E-state index contributed by atoms with van der Waals surface area (Å²) in [5.74, 6) is -0.364. The van der Waals surface area contributed by atoms with Gasteiger partial charge in [0, 0.05) is 22.2 Å². The third-order valence-corrected chi connectivity index (χ3v) is 3.49. The van der Waals surface area contributed by atoms with Gasteiger partial charge in [-0.05, 0) is 24.3 Å². The smallest absolute Gasteiger partial charge is 0.275 e. The summed E-state index contributed by atoms with van der Waals surface area (Å²) in [5, 5.41) is 24.1. The predicted octanol–water partition coefficient (Wildman–Crippen LogP) is 2.84. The number of amides is 1. The Morgan fingerprint density at radius 3 is 2.79 bits per heavy atom. The van der Waals surface area contributed by atoms with Crippen molar-refractivity contribution in [3.05, 3.63) is 62.1 Å². The molecule has 0 fully saturated rings. The fraction of sp³-hybridized carbons (Fsp3) is 0.0667. The minimum Gasteiger partial charge on any atom is -0.507 e. The van der Waals surface area contributed by atoms with E-state index in [2.05, 4.69) is 26.5 Å². The first-order chi connectivity index (χ1) is 11.4. The molecule has 9 heteroatoms. The fourth-order valence-corrected chi connectivity index (χ4v) is 2.20. The zero-order chi connectivity index (χ0) is 17.7. The van der Waals surface area contributed by atoms with Gasteiger partial charge in [-0.1, -0.05) is 15.9 Å². The minimum absolute atomic E-state index is 0.103. The van der Waals surface area contributed by atoms with Crippen molar-refractivity contribution in [3.63, 3.8) is 0 Å². The van der Waals surface area contributed by atoms with Gasteiger partial charge in [0.25, 0.3) is 11.6 Å². The predicted molar refractivity (Wildman–Crippen MR) is 90.5 cm³/mol. The van der Waals surface area contributed by atoms with Crippen molar-refractivity contribution in [3.8, 4) is 11.5 Å². The number of benzene rings is 2. The van der Waals surface area contributed by atoms with Crippen LogP contribution in [0.15, 0.2) is 46.0 Å². The van der Waals surface area contributed by atoms with E-state index in [9.17, 15) is 20.0 Å². The molecule has 1 amide bonds. The number of carbonyl (C=O) groups excluding carboxylic acids is 1. The summed E-state index contributed by atoms with van der Waals surface area (Å²) in [6, 6.07) is 8.39. The molecule has 0 aliphatic carbocycles. The number of nitrogens with zero attached hydrogens (tertiary/aromatic N) is 2. The molecule has 0 aromatic heterocycles. The lowest BCUT2D eigenvalue weighted by Gasteiger charge is -2.07. The number of non-ortho nitro benzene ring substituents is 1. The van der Waals surface area contributed by atoms with Crippen LogP contribution in [0.3, 0.4) is 0 Å². The van der Waals surface area contributed by atoms with E-state index in [-0.39, 0.29) is 22.6 Å². The third-order valence-electron chi connectivity index (χ3n) is 3.00. The molecule has 0 unspecified atom stereocenters. The van der Waals surface area contributed by atoms with Gasteiger partial charge in [0.15, 0.2) is 0 Å². The maximum atomic E-state index is 12.1. The second-order valence-electron chi connectivity index (χ2n) is 4.54. The largest absolute Gasteiger partial charge is 0.507 e. The molecule has 0 saturated carbocycles. The zero-order valence-corrected chi connectivity index (χ0v) is 14.0. The van der Waals surface area contributed by atoms with E-state index in [0.717, 1.165) is 18.3 Å². The van der Waals surface area contributed by atoms with Crippen LogP contribution in [0.4, 0.5) is 5.69 Å². The normalized spacial score (nSPS) is 10.6. The zero-order valence-electron chi connectivity index (χ0n) is 12.4. The Balaban J connectivity index is 2.17. The summed E-state index contributed by atoms with van der Waals surface area (Å²) in [6.07, 6.45) is 1.12. The lowest BCUT2D eigenvalue weighted by molar-refractivity contribution is -0.384. The summed E-state index contributed by atoms with van der Waals surface area (Å²) in [6.45, 7) is 0. The van der Waals surface area contributed by atoms with Crippen LogP contribution in [-0.4, -0.2) is 29.3 Å². The summed E-state index contributed by atoms with van der Waals surface area (Å²) >= 11 is 3.26. The molecule has 2 rings (SSSR count). The van der Waals surface area contributed by atoms with E-state index in [4.69, 9.17) is 4.74 Å². The first-order valence-corrected chi connectivity index (χ1v) is 7.36. The van der Waals surface area contributed by atoms with Crippen LogP contribution in [0.2, 0.25) is 0 Å². The van der Waals surface area contributed by atoms with Crippen molar-refractivity contribution in [2.45, 2.75) is 0 Å². The monoisotopic (exact) mass is 393 g/mol. The summed E-state index contributed by atoms with van der Waals surface area (Å²) < 4.78 is 5.79. The van der Waals surface area contributed by atoms with Gasteiger partial charge < -0.3 is 9.84 Å². The number of carbonyl (C=O) groups is 1. The maximum Gasteiger partial charge on any atom is 0.275 e. The molecule has 0 saturated heterocycles. The Morgan fingerprint density at radius 2 is 2.12 bits per heavy atom. The van der Waals surface area contributed by atoms with Gasteiger partial charge in [0.05, 0.1) is 23.8 Å². The number of hydrogen-bond donors (Lipinski definition) is 2. The number of phenols is 1. The highest BCUT2D eigenvalue weighted by Crippen LogP contribution is 2.23. The SMILES string of the molecule is COc1ccc(Br)cc1C(=O)NN=Cc1cc([N+](=O)[O-])ccc1O. The average Bonchev–Trinajstić information content (AvgIpc) is 2.56. The summed E-state index contributed by atoms with van der Waals surface area (Å²) in [7, 11) is 1.43. The Bertz CT molecular complexity index is 823. The second-order valence-corrected chi connectivity index (χ2v) is 5.46. The number of rotatable bonds is 5. The maximum absolute atomic E-state index is 12.1. The fourth-order valence-electron chi connectivity index (χ4n) is 1.84. The van der Waals surface area contributed by atoms with Crippen LogP contribution in [0.1, 0.15) is 15.9 Å². The number of ether oxygens (including phenoxy) is 1. The molecule has 0 aliphatic heterocycles. The number of halogens is 1. The van der Waals surface area contributed by atoms with Gasteiger partial charge in [0.2, 0.25) is 0 Å². The lowest BCUT2D eigenvalue weighted by Crippen LogP contribution is -2.18. The molecule has 2 N–H and O–H groups in total. The number of nitrogens with one attached hydrogen (secondary N) is 1. The number of hydrogen-bond acceptors (Lipinski definition) is 6.